The molecule has 9 nitrogen and oxygen atoms in total. The van der Waals surface area contributed by atoms with Crippen LogP contribution >= 0.6 is 11.6 Å². The number of nitrogens with zero attached hydrogens (tertiary/aromatic N) is 6. The normalized spacial score (nSPS) is 11.7. The Morgan fingerprint density at radius 3 is 2.48 bits per heavy atom. The molecule has 0 saturated heterocycles. The van der Waals surface area contributed by atoms with E-state index in [2.05, 4.69) is 15.2 Å². The van der Waals surface area contributed by atoms with Gasteiger partial charge in [0, 0.05) is 20.0 Å². The number of fused-ring (bicyclic) bond motifs is 1. The molecule has 0 radical (unpaired) electrons. The van der Waals surface area contributed by atoms with Crippen molar-refractivity contribution in [2.45, 2.75) is 26.3 Å². The number of rotatable bonds is 3. The predicted molar refractivity (Wildman–Crippen MR) is 82.7 cm³/mol. The first-order valence-electron chi connectivity index (χ1n) is 6.95. The maximum absolute atomic E-state index is 12.4. The molecule has 3 rings (SSSR count). The van der Waals surface area contributed by atoms with Crippen LogP contribution in [-0.2, 0) is 20.6 Å². The van der Waals surface area contributed by atoms with Crippen molar-refractivity contribution >= 4 is 22.8 Å². The Morgan fingerprint density at radius 2 is 1.87 bits per heavy atom. The number of imidazole rings is 1. The van der Waals surface area contributed by atoms with Crippen molar-refractivity contribution < 1.29 is 4.42 Å². The Labute approximate surface area is 135 Å². The molecule has 3 aromatic rings. The predicted octanol–water partition coefficient (Wildman–Crippen LogP) is 0.642. The van der Waals surface area contributed by atoms with E-state index in [-0.39, 0.29) is 28.9 Å². The molecule has 0 aromatic carbocycles. The summed E-state index contributed by atoms with van der Waals surface area (Å²) in [6.07, 6.45) is 0. The van der Waals surface area contributed by atoms with Gasteiger partial charge in [-0.15, -0.1) is 10.2 Å². The average molecular weight is 339 g/mol. The fourth-order valence-electron chi connectivity index (χ4n) is 2.26. The molecule has 0 unspecified atom stereocenters. The maximum atomic E-state index is 12.4. The molecule has 0 bridgehead atoms. The lowest BCUT2D eigenvalue weighted by Crippen LogP contribution is -2.37. The third kappa shape index (κ3) is 2.37. The zero-order valence-corrected chi connectivity index (χ0v) is 13.8. The van der Waals surface area contributed by atoms with Gasteiger partial charge in [-0.2, -0.15) is 4.98 Å². The van der Waals surface area contributed by atoms with Crippen molar-refractivity contribution in [3.05, 3.63) is 37.9 Å². The summed E-state index contributed by atoms with van der Waals surface area (Å²) < 4.78 is 9.27. The van der Waals surface area contributed by atoms with Crippen LogP contribution < -0.4 is 11.2 Å². The van der Waals surface area contributed by atoms with Gasteiger partial charge in [0.1, 0.15) is 6.54 Å². The molecule has 0 saturated carbocycles. The second-order valence-electron chi connectivity index (χ2n) is 5.53. The highest BCUT2D eigenvalue weighted by Gasteiger charge is 2.20. The zero-order valence-electron chi connectivity index (χ0n) is 13.1. The summed E-state index contributed by atoms with van der Waals surface area (Å²) in [6, 6.07) is 0. The third-order valence-electron chi connectivity index (χ3n) is 3.57. The van der Waals surface area contributed by atoms with Crippen molar-refractivity contribution in [3.8, 4) is 0 Å². The van der Waals surface area contributed by atoms with E-state index in [1.807, 2.05) is 13.8 Å². The molecule has 0 amide bonds. The van der Waals surface area contributed by atoms with E-state index in [9.17, 15) is 9.59 Å². The summed E-state index contributed by atoms with van der Waals surface area (Å²) in [7, 11) is 2.93. The van der Waals surface area contributed by atoms with E-state index in [4.69, 9.17) is 16.0 Å². The molecule has 0 atom stereocenters. The van der Waals surface area contributed by atoms with Gasteiger partial charge in [-0.05, 0) is 11.6 Å². The lowest BCUT2D eigenvalue weighted by molar-refractivity contribution is 0.424. The Kier molecular flexibility index (Phi) is 3.59. The second-order valence-corrected chi connectivity index (χ2v) is 5.87. The monoisotopic (exact) mass is 338 g/mol. The molecule has 3 heterocycles. The van der Waals surface area contributed by atoms with Crippen LogP contribution in [0.15, 0.2) is 14.0 Å². The molecular weight excluding hydrogens is 324 g/mol. The molecule has 23 heavy (non-hydrogen) atoms. The topological polar surface area (TPSA) is 101 Å². The highest BCUT2D eigenvalue weighted by molar-refractivity contribution is 6.29. The lowest BCUT2D eigenvalue weighted by Gasteiger charge is -2.05. The van der Waals surface area contributed by atoms with Gasteiger partial charge < -0.3 is 4.42 Å². The van der Waals surface area contributed by atoms with Crippen LogP contribution in [0.1, 0.15) is 31.5 Å². The molecule has 10 heteroatoms. The van der Waals surface area contributed by atoms with Crippen LogP contribution in [0.4, 0.5) is 0 Å². The van der Waals surface area contributed by atoms with Crippen LogP contribution in [0.3, 0.4) is 0 Å². The van der Waals surface area contributed by atoms with Crippen molar-refractivity contribution in [1.29, 1.82) is 0 Å². The van der Waals surface area contributed by atoms with Gasteiger partial charge in [-0.1, -0.05) is 13.8 Å². The number of hydrogen-bond acceptors (Lipinski definition) is 6. The van der Waals surface area contributed by atoms with Crippen LogP contribution in [0.5, 0.6) is 0 Å². The maximum Gasteiger partial charge on any atom is 0.332 e. The number of aryl methyl sites for hydroxylation is 1. The first-order valence-corrected chi connectivity index (χ1v) is 7.33. The first-order chi connectivity index (χ1) is 10.8. The zero-order chi connectivity index (χ0) is 16.9. The summed E-state index contributed by atoms with van der Waals surface area (Å²) in [6.45, 7) is 3.97. The van der Waals surface area contributed by atoms with Gasteiger partial charge in [-0.3, -0.25) is 18.5 Å². The molecular formula is C13H15ClN6O3. The Balaban J connectivity index is 2.19. The van der Waals surface area contributed by atoms with Crippen LogP contribution in [0.25, 0.3) is 11.2 Å². The molecule has 0 fully saturated rings. The average Bonchev–Trinajstić information content (AvgIpc) is 3.09. The molecule has 122 valence electrons. The van der Waals surface area contributed by atoms with Crippen molar-refractivity contribution in [2.75, 3.05) is 0 Å². The summed E-state index contributed by atoms with van der Waals surface area (Å²) in [5, 5.41) is 7.97. The third-order valence-corrected chi connectivity index (χ3v) is 3.86. The summed E-state index contributed by atoms with van der Waals surface area (Å²) >= 11 is 6.13. The highest BCUT2D eigenvalue weighted by Crippen LogP contribution is 2.18. The van der Waals surface area contributed by atoms with Crippen molar-refractivity contribution in [3.63, 3.8) is 0 Å². The summed E-state index contributed by atoms with van der Waals surface area (Å²) in [5.74, 6) is 0.909. The van der Waals surface area contributed by atoms with Gasteiger partial charge >= 0.3 is 5.69 Å². The Bertz CT molecular complexity index is 1010. The minimum Gasteiger partial charge on any atom is -0.423 e. The Hall–Kier alpha value is -2.42. The fraction of sp³-hybridized carbons (Fsp3) is 0.462. The minimum atomic E-state index is -0.480. The van der Waals surface area contributed by atoms with Gasteiger partial charge in [0.05, 0.1) is 0 Å². The molecule has 0 aliphatic heterocycles. The summed E-state index contributed by atoms with van der Waals surface area (Å²) in [5.41, 5.74) is -0.523. The van der Waals surface area contributed by atoms with Crippen molar-refractivity contribution in [1.82, 2.24) is 28.9 Å². The number of aromatic nitrogens is 6. The molecule has 0 N–H and O–H groups in total. The molecule has 0 aliphatic rings. The number of halogens is 1. The SMILES string of the molecule is CC(C)c1nnc(Cn2c(Cl)nc3c2c(=O)n(C)c(=O)n3C)o1. The quantitative estimate of drug-likeness (QED) is 0.650. The highest BCUT2D eigenvalue weighted by atomic mass is 35.5. The van der Waals surface area contributed by atoms with E-state index in [0.717, 1.165) is 4.57 Å². The van der Waals surface area contributed by atoms with Crippen LogP contribution in [-0.4, -0.2) is 28.9 Å². The summed E-state index contributed by atoms with van der Waals surface area (Å²) in [4.78, 5) is 28.5. The van der Waals surface area contributed by atoms with E-state index >= 15 is 0 Å². The van der Waals surface area contributed by atoms with Gasteiger partial charge in [-0.25, -0.2) is 4.79 Å². The molecule has 0 spiro atoms. The second kappa shape index (κ2) is 5.34. The van der Waals surface area contributed by atoms with Crippen LogP contribution in [0, 0.1) is 0 Å². The van der Waals surface area contributed by atoms with Gasteiger partial charge in [0.2, 0.25) is 17.1 Å². The van der Waals surface area contributed by atoms with E-state index in [0.29, 0.717) is 11.8 Å². The van der Waals surface area contributed by atoms with E-state index < -0.39 is 11.2 Å². The fourth-order valence-corrected chi connectivity index (χ4v) is 2.49. The minimum absolute atomic E-state index is 0.0718. The Morgan fingerprint density at radius 1 is 1.17 bits per heavy atom. The van der Waals surface area contributed by atoms with E-state index in [1.54, 1.807) is 0 Å². The molecule has 0 aliphatic carbocycles. The van der Waals surface area contributed by atoms with Crippen LogP contribution in [0.2, 0.25) is 5.28 Å². The van der Waals surface area contributed by atoms with Gasteiger partial charge in [0.15, 0.2) is 11.2 Å². The lowest BCUT2D eigenvalue weighted by atomic mass is 10.2. The molecule has 3 aromatic heterocycles. The number of hydrogen-bond donors (Lipinski definition) is 0. The standard InChI is InChI=1S/C13H15ClN6O3/c1-6(2)10-17-16-7(23-10)5-20-8-9(15-12(20)14)18(3)13(22)19(4)11(8)21/h6H,5H2,1-4H3. The largest absolute Gasteiger partial charge is 0.423 e. The van der Waals surface area contributed by atoms with E-state index in [1.165, 1.54) is 23.2 Å². The van der Waals surface area contributed by atoms with Crippen molar-refractivity contribution in [2.24, 2.45) is 14.1 Å². The van der Waals surface area contributed by atoms with Gasteiger partial charge in [0.25, 0.3) is 5.56 Å². The smallest absolute Gasteiger partial charge is 0.332 e. The first kappa shape index (κ1) is 15.5.